The molecule has 0 bridgehead atoms. The van der Waals surface area contributed by atoms with Crippen LogP contribution in [-0.4, -0.2) is 36.1 Å². The van der Waals surface area contributed by atoms with Gasteiger partial charge in [0.15, 0.2) is 11.5 Å². The smallest absolute Gasteiger partial charge is 0.162 e. The summed E-state index contributed by atoms with van der Waals surface area (Å²) in [4.78, 5) is 7.05. The van der Waals surface area contributed by atoms with Crippen LogP contribution >= 0.6 is 15.9 Å². The van der Waals surface area contributed by atoms with E-state index >= 15 is 0 Å². The fourth-order valence-corrected chi connectivity index (χ4v) is 3.87. The second-order valence-corrected chi connectivity index (χ2v) is 6.14. The van der Waals surface area contributed by atoms with Crippen LogP contribution in [0.15, 0.2) is 24.4 Å². The zero-order valence-electron chi connectivity index (χ0n) is 11.7. The minimum atomic E-state index is 0.524. The van der Waals surface area contributed by atoms with Gasteiger partial charge >= 0.3 is 0 Å². The quantitative estimate of drug-likeness (QED) is 0.779. The molecule has 1 saturated heterocycles. The Morgan fingerprint density at radius 3 is 2.86 bits per heavy atom. The number of ether oxygens (including phenoxy) is 2. The largest absolute Gasteiger partial charge is 0.486 e. The lowest BCUT2D eigenvalue weighted by atomic mass is 10.1. The fraction of sp³-hybridized carbons (Fsp3) is 0.438. The van der Waals surface area contributed by atoms with E-state index in [9.17, 15) is 0 Å². The highest BCUT2D eigenvalue weighted by molar-refractivity contribution is 9.09. The third-order valence-electron chi connectivity index (χ3n) is 4.23. The van der Waals surface area contributed by atoms with E-state index in [-0.39, 0.29) is 0 Å². The Hall–Kier alpha value is -1.49. The number of hydrogen-bond donors (Lipinski definition) is 0. The van der Waals surface area contributed by atoms with E-state index in [2.05, 4.69) is 37.9 Å². The van der Waals surface area contributed by atoms with Crippen LogP contribution in [0.2, 0.25) is 0 Å². The lowest BCUT2D eigenvalue weighted by Gasteiger charge is -2.26. The van der Waals surface area contributed by atoms with Crippen LogP contribution in [-0.2, 0) is 0 Å². The molecule has 0 saturated carbocycles. The maximum atomic E-state index is 5.72. The summed E-state index contributed by atoms with van der Waals surface area (Å²) in [5.41, 5.74) is 0. The van der Waals surface area contributed by atoms with Gasteiger partial charge in [-0.3, -0.25) is 0 Å². The normalized spacial score (nSPS) is 21.0. The third kappa shape index (κ3) is 2.24. The van der Waals surface area contributed by atoms with E-state index in [1.165, 1.54) is 12.8 Å². The molecule has 3 heterocycles. The van der Waals surface area contributed by atoms with Crippen molar-refractivity contribution in [2.24, 2.45) is 0 Å². The molecule has 0 N–H and O–H groups in total. The number of aromatic nitrogens is 1. The van der Waals surface area contributed by atoms with E-state index in [1.807, 2.05) is 12.3 Å². The second-order valence-electron chi connectivity index (χ2n) is 5.50. The summed E-state index contributed by atoms with van der Waals surface area (Å²) in [6, 6.07) is 6.71. The van der Waals surface area contributed by atoms with Gasteiger partial charge < -0.3 is 14.4 Å². The van der Waals surface area contributed by atoms with Gasteiger partial charge in [0.2, 0.25) is 0 Å². The molecule has 5 heteroatoms. The SMILES string of the molecule is BrCC1CCCN1c1nccc2cc3c(cc12)OCCO3. The lowest BCUT2D eigenvalue weighted by Crippen LogP contribution is -2.31. The van der Waals surface area contributed by atoms with Crippen molar-refractivity contribution in [1.29, 1.82) is 0 Å². The van der Waals surface area contributed by atoms with Gasteiger partial charge in [-0.15, -0.1) is 0 Å². The van der Waals surface area contributed by atoms with Crippen molar-refractivity contribution in [2.45, 2.75) is 18.9 Å². The molecule has 4 rings (SSSR count). The summed E-state index contributed by atoms with van der Waals surface area (Å²) in [5, 5.41) is 3.29. The standard InChI is InChI=1S/C16H17BrN2O2/c17-10-12-2-1-5-19(12)16-13-9-15-14(20-6-7-21-15)8-11(13)3-4-18-16/h3-4,8-9,12H,1-2,5-7,10H2. The van der Waals surface area contributed by atoms with Gasteiger partial charge in [0.05, 0.1) is 0 Å². The molecule has 0 spiro atoms. The van der Waals surface area contributed by atoms with Gasteiger partial charge in [-0.1, -0.05) is 15.9 Å². The van der Waals surface area contributed by atoms with Crippen molar-refractivity contribution in [3.8, 4) is 11.5 Å². The van der Waals surface area contributed by atoms with Crippen molar-refractivity contribution in [3.05, 3.63) is 24.4 Å². The highest BCUT2D eigenvalue weighted by Crippen LogP contribution is 2.38. The number of pyridine rings is 1. The van der Waals surface area contributed by atoms with Gasteiger partial charge in [0.25, 0.3) is 0 Å². The predicted molar refractivity (Wildman–Crippen MR) is 86.9 cm³/mol. The van der Waals surface area contributed by atoms with Crippen molar-refractivity contribution >= 4 is 32.5 Å². The summed E-state index contributed by atoms with van der Waals surface area (Å²) in [6.07, 6.45) is 4.32. The number of anilines is 1. The molecule has 0 amide bonds. The summed E-state index contributed by atoms with van der Waals surface area (Å²) < 4.78 is 11.4. The molecule has 2 aliphatic rings. The lowest BCUT2D eigenvalue weighted by molar-refractivity contribution is 0.172. The molecule has 1 fully saturated rings. The van der Waals surface area contributed by atoms with E-state index in [0.717, 1.165) is 40.0 Å². The summed E-state index contributed by atoms with van der Waals surface area (Å²) in [5.74, 6) is 2.73. The van der Waals surface area contributed by atoms with Crippen LogP contribution in [0.4, 0.5) is 5.82 Å². The molecule has 2 aliphatic heterocycles. The minimum Gasteiger partial charge on any atom is -0.486 e. The zero-order valence-corrected chi connectivity index (χ0v) is 13.3. The van der Waals surface area contributed by atoms with Crippen LogP contribution < -0.4 is 14.4 Å². The third-order valence-corrected chi connectivity index (χ3v) is 4.98. The number of rotatable bonds is 2. The van der Waals surface area contributed by atoms with Gasteiger partial charge in [-0.2, -0.15) is 0 Å². The summed E-state index contributed by atoms with van der Waals surface area (Å²) in [6.45, 7) is 2.30. The molecule has 1 aromatic heterocycles. The van der Waals surface area contributed by atoms with E-state index < -0.39 is 0 Å². The molecular formula is C16H17BrN2O2. The molecule has 1 unspecified atom stereocenters. The molecule has 4 nitrogen and oxygen atoms in total. The number of fused-ring (bicyclic) bond motifs is 2. The fourth-order valence-electron chi connectivity index (χ4n) is 3.20. The van der Waals surface area contributed by atoms with Crippen LogP contribution in [0.5, 0.6) is 11.5 Å². The number of halogens is 1. The highest BCUT2D eigenvalue weighted by atomic mass is 79.9. The minimum absolute atomic E-state index is 0.524. The second kappa shape index (κ2) is 5.37. The van der Waals surface area contributed by atoms with Crippen molar-refractivity contribution in [1.82, 2.24) is 4.98 Å². The number of nitrogens with zero attached hydrogens (tertiary/aromatic N) is 2. The molecule has 2 aromatic rings. The highest BCUT2D eigenvalue weighted by Gasteiger charge is 2.26. The van der Waals surface area contributed by atoms with Gasteiger partial charge in [0.1, 0.15) is 19.0 Å². The maximum absolute atomic E-state index is 5.72. The first-order valence-corrected chi connectivity index (χ1v) is 8.50. The Balaban J connectivity index is 1.85. The Kier molecular flexibility index (Phi) is 3.37. The van der Waals surface area contributed by atoms with E-state index in [0.29, 0.717) is 19.3 Å². The summed E-state index contributed by atoms with van der Waals surface area (Å²) >= 11 is 3.62. The van der Waals surface area contributed by atoms with E-state index in [4.69, 9.17) is 9.47 Å². The number of benzene rings is 1. The first kappa shape index (κ1) is 13.2. The van der Waals surface area contributed by atoms with Crippen molar-refractivity contribution in [2.75, 3.05) is 30.0 Å². The Labute approximate surface area is 132 Å². The van der Waals surface area contributed by atoms with Crippen LogP contribution in [0.25, 0.3) is 10.8 Å². The number of hydrogen-bond acceptors (Lipinski definition) is 4. The van der Waals surface area contributed by atoms with Gasteiger partial charge in [-0.25, -0.2) is 4.98 Å². The molecule has 1 aromatic carbocycles. The Bertz CT molecular complexity index is 677. The Morgan fingerprint density at radius 1 is 1.24 bits per heavy atom. The van der Waals surface area contributed by atoms with Gasteiger partial charge in [-0.05, 0) is 36.4 Å². The Morgan fingerprint density at radius 2 is 2.05 bits per heavy atom. The molecule has 110 valence electrons. The maximum Gasteiger partial charge on any atom is 0.162 e. The topological polar surface area (TPSA) is 34.6 Å². The predicted octanol–water partition coefficient (Wildman–Crippen LogP) is 3.37. The average Bonchev–Trinajstić information content (AvgIpc) is 3.00. The van der Waals surface area contributed by atoms with E-state index in [1.54, 1.807) is 0 Å². The van der Waals surface area contributed by atoms with Crippen molar-refractivity contribution < 1.29 is 9.47 Å². The van der Waals surface area contributed by atoms with Crippen molar-refractivity contribution in [3.63, 3.8) is 0 Å². The molecule has 0 radical (unpaired) electrons. The number of alkyl halides is 1. The molecule has 0 aliphatic carbocycles. The van der Waals surface area contributed by atoms with Crippen LogP contribution in [0.3, 0.4) is 0 Å². The summed E-state index contributed by atoms with van der Waals surface area (Å²) in [7, 11) is 0. The molecule has 21 heavy (non-hydrogen) atoms. The molecular weight excluding hydrogens is 332 g/mol. The van der Waals surface area contributed by atoms with Crippen LogP contribution in [0, 0.1) is 0 Å². The first-order chi connectivity index (χ1) is 10.4. The average molecular weight is 349 g/mol. The zero-order chi connectivity index (χ0) is 14.2. The molecule has 1 atom stereocenters. The first-order valence-electron chi connectivity index (χ1n) is 7.38. The van der Waals surface area contributed by atoms with Gasteiger partial charge in [0, 0.05) is 29.5 Å². The monoisotopic (exact) mass is 348 g/mol. The van der Waals surface area contributed by atoms with Crippen LogP contribution in [0.1, 0.15) is 12.8 Å².